The van der Waals surface area contributed by atoms with Gasteiger partial charge in [0.25, 0.3) is 0 Å². The van der Waals surface area contributed by atoms with E-state index in [-0.39, 0.29) is 6.04 Å². The Labute approximate surface area is 104 Å². The van der Waals surface area contributed by atoms with Crippen molar-refractivity contribution in [3.05, 3.63) is 11.7 Å². The van der Waals surface area contributed by atoms with Gasteiger partial charge in [-0.1, -0.05) is 19.0 Å². The molecule has 16 heavy (non-hydrogen) atoms. The number of aromatic nitrogens is 2. The topological polar surface area (TPSA) is 64.9 Å². The summed E-state index contributed by atoms with van der Waals surface area (Å²) >= 11 is 3.90. The lowest BCUT2D eigenvalue weighted by Gasteiger charge is -2.29. The fourth-order valence-corrected chi connectivity index (χ4v) is 4.32. The smallest absolute Gasteiger partial charge is 0.243 e. The maximum Gasteiger partial charge on any atom is 0.243 e. The first-order valence-electron chi connectivity index (χ1n) is 5.44. The maximum atomic E-state index is 5.70. The van der Waals surface area contributed by atoms with Crippen LogP contribution in [0.25, 0.3) is 0 Å². The van der Waals surface area contributed by atoms with Gasteiger partial charge in [-0.25, -0.2) is 0 Å². The van der Waals surface area contributed by atoms with Crippen LogP contribution in [0.2, 0.25) is 0 Å². The normalized spacial score (nSPS) is 32.6. The summed E-state index contributed by atoms with van der Waals surface area (Å²) in [5.41, 5.74) is 5.70. The van der Waals surface area contributed by atoms with Crippen molar-refractivity contribution in [2.75, 3.05) is 5.75 Å². The Morgan fingerprint density at radius 2 is 2.19 bits per heavy atom. The van der Waals surface area contributed by atoms with E-state index in [1.165, 1.54) is 0 Å². The summed E-state index contributed by atoms with van der Waals surface area (Å²) in [6, 6.07) is -0.182. The molecule has 2 heterocycles. The minimum atomic E-state index is -0.182. The molecule has 3 unspecified atom stereocenters. The molecule has 1 aliphatic rings. The number of thioether (sulfide) groups is 2. The third kappa shape index (κ3) is 2.55. The molecule has 0 saturated carbocycles. The summed E-state index contributed by atoms with van der Waals surface area (Å²) in [7, 11) is 0. The quantitative estimate of drug-likeness (QED) is 0.879. The molecule has 6 heteroatoms. The van der Waals surface area contributed by atoms with Crippen LogP contribution in [0.4, 0.5) is 0 Å². The Morgan fingerprint density at radius 1 is 1.44 bits per heavy atom. The van der Waals surface area contributed by atoms with E-state index in [1.54, 1.807) is 0 Å². The van der Waals surface area contributed by atoms with Crippen molar-refractivity contribution < 1.29 is 4.52 Å². The fourth-order valence-electron chi connectivity index (χ4n) is 1.48. The van der Waals surface area contributed by atoms with E-state index in [1.807, 2.05) is 30.4 Å². The predicted octanol–water partition coefficient (Wildman–Crippen LogP) is 2.39. The van der Waals surface area contributed by atoms with E-state index < -0.39 is 0 Å². The minimum absolute atomic E-state index is 0.182. The van der Waals surface area contributed by atoms with Crippen LogP contribution in [0.5, 0.6) is 0 Å². The lowest BCUT2D eigenvalue weighted by molar-refractivity contribution is 0.357. The van der Waals surface area contributed by atoms with Gasteiger partial charge in [0, 0.05) is 16.3 Å². The summed E-state index contributed by atoms with van der Waals surface area (Å²) < 4.78 is 5.13. The lowest BCUT2D eigenvalue weighted by Crippen LogP contribution is -2.22. The van der Waals surface area contributed by atoms with Crippen LogP contribution in [-0.2, 0) is 0 Å². The fraction of sp³-hybridized carbons (Fsp3) is 0.800. The van der Waals surface area contributed by atoms with E-state index in [2.05, 4.69) is 24.0 Å². The second kappa shape index (κ2) is 4.98. The largest absolute Gasteiger partial charge is 0.338 e. The minimum Gasteiger partial charge on any atom is -0.338 e. The van der Waals surface area contributed by atoms with Crippen molar-refractivity contribution in [1.29, 1.82) is 0 Å². The molecule has 0 aliphatic carbocycles. The SMILES string of the molecule is CC1SCC(c2noc([C@@H](C)N)n2)SC1C. The average molecular weight is 259 g/mol. The number of nitrogens with zero attached hydrogens (tertiary/aromatic N) is 2. The van der Waals surface area contributed by atoms with Gasteiger partial charge >= 0.3 is 0 Å². The zero-order chi connectivity index (χ0) is 11.7. The van der Waals surface area contributed by atoms with Crippen LogP contribution < -0.4 is 5.73 Å². The lowest BCUT2D eigenvalue weighted by atomic mass is 10.3. The van der Waals surface area contributed by atoms with Crippen LogP contribution in [0.3, 0.4) is 0 Å². The van der Waals surface area contributed by atoms with E-state index in [9.17, 15) is 0 Å². The van der Waals surface area contributed by atoms with Crippen LogP contribution >= 0.6 is 23.5 Å². The molecule has 0 amide bonds. The third-order valence-electron chi connectivity index (χ3n) is 2.69. The highest BCUT2D eigenvalue weighted by molar-refractivity contribution is 8.07. The van der Waals surface area contributed by atoms with Crippen LogP contribution in [0, 0.1) is 0 Å². The summed E-state index contributed by atoms with van der Waals surface area (Å²) in [4.78, 5) is 4.36. The van der Waals surface area contributed by atoms with Gasteiger partial charge in [-0.3, -0.25) is 0 Å². The van der Waals surface area contributed by atoms with Crippen molar-refractivity contribution >= 4 is 23.5 Å². The molecule has 0 spiro atoms. The monoisotopic (exact) mass is 259 g/mol. The highest BCUT2D eigenvalue weighted by Crippen LogP contribution is 2.43. The summed E-state index contributed by atoms with van der Waals surface area (Å²) in [5.74, 6) is 2.38. The molecule has 1 aromatic heterocycles. The van der Waals surface area contributed by atoms with Gasteiger partial charge in [0.05, 0.1) is 11.3 Å². The Morgan fingerprint density at radius 3 is 2.75 bits per heavy atom. The third-order valence-corrected chi connectivity index (χ3v) is 6.07. The van der Waals surface area contributed by atoms with Crippen molar-refractivity contribution in [3.63, 3.8) is 0 Å². The van der Waals surface area contributed by atoms with Crippen molar-refractivity contribution in [1.82, 2.24) is 10.1 Å². The standard InChI is InChI=1S/C10H17N3OS2/c1-5(11)10-12-9(13-14-10)8-4-15-6(2)7(3)16-8/h5-8H,4,11H2,1-3H3/t5-,6?,7?,8?/m1/s1. The second-order valence-corrected chi connectivity index (χ2v) is 7.14. The van der Waals surface area contributed by atoms with Gasteiger partial charge in [0.2, 0.25) is 5.89 Å². The molecule has 0 bridgehead atoms. The molecule has 4 nitrogen and oxygen atoms in total. The molecule has 1 aliphatic heterocycles. The molecule has 1 aromatic rings. The summed E-state index contributed by atoms with van der Waals surface area (Å²) in [6.07, 6.45) is 0. The van der Waals surface area contributed by atoms with Crippen molar-refractivity contribution in [2.45, 2.75) is 42.6 Å². The number of hydrogen-bond donors (Lipinski definition) is 1. The molecular weight excluding hydrogens is 242 g/mol. The van der Waals surface area contributed by atoms with Gasteiger partial charge in [-0.05, 0) is 6.92 Å². The van der Waals surface area contributed by atoms with Crippen LogP contribution in [-0.4, -0.2) is 26.4 Å². The molecule has 2 N–H and O–H groups in total. The molecule has 0 radical (unpaired) electrons. The van der Waals surface area contributed by atoms with E-state index >= 15 is 0 Å². The van der Waals surface area contributed by atoms with Gasteiger partial charge in [-0.2, -0.15) is 16.7 Å². The van der Waals surface area contributed by atoms with Crippen LogP contribution in [0.15, 0.2) is 4.52 Å². The zero-order valence-electron chi connectivity index (χ0n) is 9.71. The Bertz CT molecular complexity index is 356. The van der Waals surface area contributed by atoms with E-state index in [0.29, 0.717) is 21.6 Å². The Kier molecular flexibility index (Phi) is 3.81. The van der Waals surface area contributed by atoms with Crippen LogP contribution in [0.1, 0.15) is 43.8 Å². The van der Waals surface area contributed by atoms with E-state index in [0.717, 1.165) is 11.6 Å². The molecular formula is C10H17N3OS2. The summed E-state index contributed by atoms with van der Waals surface area (Å²) in [6.45, 7) is 6.37. The Balaban J connectivity index is 2.07. The number of nitrogens with two attached hydrogens (primary N) is 1. The molecule has 2 rings (SSSR count). The zero-order valence-corrected chi connectivity index (χ0v) is 11.3. The van der Waals surface area contributed by atoms with Crippen molar-refractivity contribution in [2.24, 2.45) is 5.73 Å². The van der Waals surface area contributed by atoms with Gasteiger partial charge in [0.1, 0.15) is 0 Å². The molecule has 1 fully saturated rings. The first kappa shape index (κ1) is 12.3. The molecule has 1 saturated heterocycles. The highest BCUT2D eigenvalue weighted by Gasteiger charge is 2.30. The van der Waals surface area contributed by atoms with Gasteiger partial charge < -0.3 is 10.3 Å². The Hall–Kier alpha value is -0.200. The molecule has 90 valence electrons. The summed E-state index contributed by atoms with van der Waals surface area (Å²) in [5, 5.41) is 5.68. The molecule has 4 atom stereocenters. The second-order valence-electron chi connectivity index (χ2n) is 4.15. The average Bonchev–Trinajstić information content (AvgIpc) is 2.71. The first-order valence-corrected chi connectivity index (χ1v) is 7.43. The van der Waals surface area contributed by atoms with Gasteiger partial charge in [-0.15, -0.1) is 11.8 Å². The first-order chi connectivity index (χ1) is 7.58. The van der Waals surface area contributed by atoms with E-state index in [4.69, 9.17) is 10.3 Å². The van der Waals surface area contributed by atoms with Crippen molar-refractivity contribution in [3.8, 4) is 0 Å². The number of rotatable bonds is 2. The number of hydrogen-bond acceptors (Lipinski definition) is 6. The molecule has 0 aromatic carbocycles. The highest BCUT2D eigenvalue weighted by atomic mass is 32.2. The maximum absolute atomic E-state index is 5.70. The predicted molar refractivity (Wildman–Crippen MR) is 68.6 cm³/mol. The van der Waals surface area contributed by atoms with Gasteiger partial charge in [0.15, 0.2) is 5.82 Å².